The Labute approximate surface area is 147 Å². The molecule has 24 heavy (non-hydrogen) atoms. The molecule has 0 fully saturated rings. The topological polar surface area (TPSA) is 65.9 Å². The maximum atomic E-state index is 9.55. The van der Waals surface area contributed by atoms with E-state index in [0.717, 1.165) is 11.3 Å². The van der Waals surface area contributed by atoms with Crippen molar-refractivity contribution in [2.45, 2.75) is 19.8 Å². The lowest BCUT2D eigenvalue weighted by atomic mass is 10.0. The molecule has 0 aromatic heterocycles. The minimum atomic E-state index is 0.0876. The van der Waals surface area contributed by atoms with Crippen molar-refractivity contribution in [3.63, 3.8) is 0 Å². The fourth-order valence-electron chi connectivity index (χ4n) is 2.05. The van der Waals surface area contributed by atoms with E-state index in [1.165, 1.54) is 12.7 Å². The Morgan fingerprint density at radius 1 is 1.21 bits per heavy atom. The molecule has 0 saturated carbocycles. The van der Waals surface area contributed by atoms with Crippen molar-refractivity contribution < 1.29 is 9.84 Å². The fourth-order valence-corrected chi connectivity index (χ4v) is 2.22. The molecule has 2 rings (SSSR count). The average molecular weight is 343 g/mol. The normalized spacial score (nSPS) is 10.8. The van der Waals surface area contributed by atoms with Crippen LogP contribution in [0, 0.1) is 0 Å². The first kappa shape index (κ1) is 17.7. The van der Waals surface area contributed by atoms with Crippen LogP contribution in [0.3, 0.4) is 0 Å². The molecule has 2 aromatic carbocycles. The minimum absolute atomic E-state index is 0.0876. The fraction of sp³-hybridized carbons (Fsp3) is 0.222. The molecule has 0 aliphatic carbocycles. The van der Waals surface area contributed by atoms with Crippen molar-refractivity contribution in [1.29, 1.82) is 0 Å². The SMILES string of the molecule is COc1cc(C=NNC(=S)Nc2ccc(C(C)C)cc2)ccc1O. The molecule has 0 spiro atoms. The van der Waals surface area contributed by atoms with Crippen molar-refractivity contribution in [2.75, 3.05) is 12.4 Å². The smallest absolute Gasteiger partial charge is 0.191 e. The summed E-state index contributed by atoms with van der Waals surface area (Å²) in [5.74, 6) is 0.977. The van der Waals surface area contributed by atoms with Crippen molar-refractivity contribution in [3.05, 3.63) is 53.6 Å². The first-order valence-corrected chi connectivity index (χ1v) is 7.97. The molecule has 0 bridgehead atoms. The van der Waals surface area contributed by atoms with Gasteiger partial charge in [0.05, 0.1) is 13.3 Å². The third-order valence-corrected chi connectivity index (χ3v) is 3.61. The molecule has 2 aromatic rings. The molecule has 3 N–H and O–H groups in total. The maximum Gasteiger partial charge on any atom is 0.191 e. The van der Waals surface area contributed by atoms with Gasteiger partial charge >= 0.3 is 0 Å². The highest BCUT2D eigenvalue weighted by molar-refractivity contribution is 7.80. The van der Waals surface area contributed by atoms with Crippen LogP contribution >= 0.6 is 12.2 Å². The number of phenolic OH excluding ortho intramolecular Hbond substituents is 1. The van der Waals surface area contributed by atoms with E-state index in [1.807, 2.05) is 12.1 Å². The molecule has 0 saturated heterocycles. The van der Waals surface area contributed by atoms with Crippen LogP contribution in [0.4, 0.5) is 5.69 Å². The van der Waals surface area contributed by atoms with Gasteiger partial charge in [0.25, 0.3) is 0 Å². The number of ether oxygens (including phenoxy) is 1. The third kappa shape index (κ3) is 4.96. The summed E-state index contributed by atoms with van der Waals surface area (Å²) >= 11 is 5.20. The summed E-state index contributed by atoms with van der Waals surface area (Å²) in [6, 6.07) is 13.1. The minimum Gasteiger partial charge on any atom is -0.504 e. The number of phenols is 1. The molecule has 0 amide bonds. The number of hydrogen-bond donors (Lipinski definition) is 3. The van der Waals surface area contributed by atoms with Gasteiger partial charge in [0.15, 0.2) is 16.6 Å². The van der Waals surface area contributed by atoms with Crippen LogP contribution in [-0.4, -0.2) is 23.5 Å². The van der Waals surface area contributed by atoms with Crippen molar-refractivity contribution in [2.24, 2.45) is 5.10 Å². The Bertz CT molecular complexity index is 728. The van der Waals surface area contributed by atoms with Gasteiger partial charge < -0.3 is 15.2 Å². The van der Waals surface area contributed by atoms with Gasteiger partial charge in [-0.25, -0.2) is 0 Å². The molecule has 0 aliphatic rings. The van der Waals surface area contributed by atoms with Crippen LogP contribution in [-0.2, 0) is 0 Å². The number of hydrogen-bond acceptors (Lipinski definition) is 4. The molecule has 0 aliphatic heterocycles. The number of aromatic hydroxyl groups is 1. The lowest BCUT2D eigenvalue weighted by Gasteiger charge is -2.09. The van der Waals surface area contributed by atoms with Gasteiger partial charge in [-0.05, 0) is 59.6 Å². The molecule has 0 heterocycles. The highest BCUT2D eigenvalue weighted by atomic mass is 32.1. The molecule has 0 unspecified atom stereocenters. The third-order valence-electron chi connectivity index (χ3n) is 3.42. The average Bonchev–Trinajstić information content (AvgIpc) is 2.56. The Balaban J connectivity index is 1.90. The van der Waals surface area contributed by atoms with Gasteiger partial charge in [0.2, 0.25) is 0 Å². The quantitative estimate of drug-likeness (QED) is 0.437. The van der Waals surface area contributed by atoms with Gasteiger partial charge in [-0.3, -0.25) is 5.43 Å². The van der Waals surface area contributed by atoms with Gasteiger partial charge in [0.1, 0.15) is 0 Å². The van der Waals surface area contributed by atoms with E-state index in [2.05, 4.69) is 41.8 Å². The maximum absolute atomic E-state index is 9.55. The van der Waals surface area contributed by atoms with E-state index >= 15 is 0 Å². The lowest BCUT2D eigenvalue weighted by Crippen LogP contribution is -2.23. The van der Waals surface area contributed by atoms with Crippen molar-refractivity contribution in [3.8, 4) is 11.5 Å². The van der Waals surface area contributed by atoms with Crippen molar-refractivity contribution in [1.82, 2.24) is 5.43 Å². The molecular formula is C18H21N3O2S. The van der Waals surface area contributed by atoms with Crippen LogP contribution in [0.25, 0.3) is 0 Å². The van der Waals surface area contributed by atoms with Crippen LogP contribution in [0.1, 0.15) is 30.9 Å². The number of anilines is 1. The highest BCUT2D eigenvalue weighted by Gasteiger charge is 2.02. The second-order valence-electron chi connectivity index (χ2n) is 5.53. The largest absolute Gasteiger partial charge is 0.504 e. The first-order valence-electron chi connectivity index (χ1n) is 7.56. The lowest BCUT2D eigenvalue weighted by molar-refractivity contribution is 0.373. The summed E-state index contributed by atoms with van der Waals surface area (Å²) < 4.78 is 5.05. The number of benzene rings is 2. The van der Waals surface area contributed by atoms with E-state index in [1.54, 1.807) is 24.4 Å². The summed E-state index contributed by atoms with van der Waals surface area (Å²) in [5, 5.41) is 17.1. The first-order chi connectivity index (χ1) is 11.5. The van der Waals surface area contributed by atoms with E-state index in [4.69, 9.17) is 17.0 Å². The molecule has 5 nitrogen and oxygen atoms in total. The molecular weight excluding hydrogens is 322 g/mol. The summed E-state index contributed by atoms with van der Waals surface area (Å²) in [6.45, 7) is 4.31. The Kier molecular flexibility index (Phi) is 6.14. The molecule has 6 heteroatoms. The number of methoxy groups -OCH3 is 1. The predicted octanol–water partition coefficient (Wildman–Crippen LogP) is 3.84. The van der Waals surface area contributed by atoms with Gasteiger partial charge in [-0.1, -0.05) is 26.0 Å². The van der Waals surface area contributed by atoms with Gasteiger partial charge in [0, 0.05) is 5.69 Å². The summed E-state index contributed by atoms with van der Waals surface area (Å²) in [7, 11) is 1.50. The van der Waals surface area contributed by atoms with Crippen LogP contribution in [0.15, 0.2) is 47.6 Å². The number of rotatable bonds is 5. The number of nitrogens with one attached hydrogen (secondary N) is 2. The summed E-state index contributed by atoms with van der Waals surface area (Å²) in [5.41, 5.74) is 5.71. The van der Waals surface area contributed by atoms with E-state index in [9.17, 15) is 5.11 Å². The van der Waals surface area contributed by atoms with E-state index < -0.39 is 0 Å². The van der Waals surface area contributed by atoms with Crippen LogP contribution < -0.4 is 15.5 Å². The monoisotopic (exact) mass is 343 g/mol. The predicted molar refractivity (Wildman–Crippen MR) is 102 cm³/mol. The van der Waals surface area contributed by atoms with E-state index in [-0.39, 0.29) is 5.75 Å². The Hall–Kier alpha value is -2.60. The number of hydrazone groups is 1. The second-order valence-corrected chi connectivity index (χ2v) is 5.94. The van der Waals surface area contributed by atoms with Crippen LogP contribution in [0.5, 0.6) is 11.5 Å². The van der Waals surface area contributed by atoms with Crippen molar-refractivity contribution >= 4 is 29.2 Å². The summed E-state index contributed by atoms with van der Waals surface area (Å²) in [4.78, 5) is 0. The zero-order chi connectivity index (χ0) is 17.5. The zero-order valence-electron chi connectivity index (χ0n) is 13.9. The Morgan fingerprint density at radius 3 is 2.54 bits per heavy atom. The highest BCUT2D eigenvalue weighted by Crippen LogP contribution is 2.25. The van der Waals surface area contributed by atoms with E-state index in [0.29, 0.717) is 16.8 Å². The van der Waals surface area contributed by atoms with Crippen LogP contribution in [0.2, 0.25) is 0 Å². The molecule has 126 valence electrons. The summed E-state index contributed by atoms with van der Waals surface area (Å²) in [6.07, 6.45) is 1.60. The standard InChI is InChI=1S/C18H21N3O2S/c1-12(2)14-5-7-15(8-6-14)20-18(24)21-19-11-13-4-9-16(22)17(10-13)23-3/h4-12,22H,1-3H3,(H2,20,21,24). The van der Waals surface area contributed by atoms with Gasteiger partial charge in [-0.2, -0.15) is 5.10 Å². The second kappa shape index (κ2) is 8.31. The Morgan fingerprint density at radius 2 is 1.92 bits per heavy atom. The molecule has 0 radical (unpaired) electrons. The number of nitrogens with zero attached hydrogens (tertiary/aromatic N) is 1. The number of thiocarbonyl (C=S) groups is 1. The molecule has 0 atom stereocenters. The zero-order valence-corrected chi connectivity index (χ0v) is 14.7. The van der Waals surface area contributed by atoms with Gasteiger partial charge in [-0.15, -0.1) is 0 Å².